The number of benzene rings is 2. The molecule has 3 N–H and O–H groups in total. The number of hydrogen-bond acceptors (Lipinski definition) is 7. The molecule has 1 amide bonds. The van der Waals surface area contributed by atoms with E-state index in [0.29, 0.717) is 11.3 Å². The first-order valence-electron chi connectivity index (χ1n) is 10.2. The number of nitrogens with zero attached hydrogens (tertiary/aromatic N) is 3. The fourth-order valence-corrected chi connectivity index (χ4v) is 4.71. The van der Waals surface area contributed by atoms with E-state index in [-0.39, 0.29) is 24.6 Å². The van der Waals surface area contributed by atoms with Gasteiger partial charge in [-0.05, 0) is 56.0 Å². The van der Waals surface area contributed by atoms with Gasteiger partial charge in [0.05, 0.1) is 24.3 Å². The third-order valence-corrected chi connectivity index (χ3v) is 6.16. The third kappa shape index (κ3) is 4.29. The number of amides is 1. The summed E-state index contributed by atoms with van der Waals surface area (Å²) in [5.41, 5.74) is 10.1. The van der Waals surface area contributed by atoms with Gasteiger partial charge in [-0.25, -0.2) is 0 Å². The number of nitrogens with one attached hydrogen (secondary N) is 1. The van der Waals surface area contributed by atoms with E-state index in [2.05, 4.69) is 21.6 Å². The van der Waals surface area contributed by atoms with Crippen molar-refractivity contribution in [3.05, 3.63) is 53.1 Å². The highest BCUT2D eigenvalue weighted by atomic mass is 32.1. The van der Waals surface area contributed by atoms with Crippen molar-refractivity contribution in [2.75, 3.05) is 6.54 Å². The molecular weight excluding hydrogens is 410 g/mol. The Bertz CT molecular complexity index is 1170. The summed E-state index contributed by atoms with van der Waals surface area (Å²) >= 11 is 1.48. The normalized spacial score (nSPS) is 14.9. The van der Waals surface area contributed by atoms with Crippen molar-refractivity contribution >= 4 is 17.2 Å². The van der Waals surface area contributed by atoms with Crippen molar-refractivity contribution in [2.24, 2.45) is 5.73 Å². The van der Waals surface area contributed by atoms with Gasteiger partial charge >= 0.3 is 0 Å². The lowest BCUT2D eigenvalue weighted by atomic mass is 10.0. The molecule has 3 aromatic rings. The van der Waals surface area contributed by atoms with E-state index in [4.69, 9.17) is 10.5 Å². The highest BCUT2D eigenvalue weighted by molar-refractivity contribution is 7.17. The molecule has 0 fully saturated rings. The molecule has 158 valence electrons. The Labute approximate surface area is 184 Å². The van der Waals surface area contributed by atoms with E-state index in [1.165, 1.54) is 16.9 Å². The van der Waals surface area contributed by atoms with Crippen molar-refractivity contribution in [3.8, 4) is 33.0 Å². The maximum absolute atomic E-state index is 11.7. The number of rotatable bonds is 6. The molecule has 4 rings (SSSR count). The first-order valence-corrected chi connectivity index (χ1v) is 11.0. The maximum Gasteiger partial charge on any atom is 0.234 e. The van der Waals surface area contributed by atoms with Crippen LogP contribution in [0.1, 0.15) is 43.0 Å². The molecule has 7 nitrogen and oxygen atoms in total. The second-order valence-corrected chi connectivity index (χ2v) is 8.62. The second kappa shape index (κ2) is 8.84. The zero-order valence-electron chi connectivity index (χ0n) is 17.4. The van der Waals surface area contributed by atoms with Crippen LogP contribution in [0.4, 0.5) is 0 Å². The summed E-state index contributed by atoms with van der Waals surface area (Å²) in [5, 5.41) is 22.8. The van der Waals surface area contributed by atoms with Gasteiger partial charge in [0.15, 0.2) is 0 Å². The maximum atomic E-state index is 11.7. The van der Waals surface area contributed by atoms with E-state index in [0.717, 1.165) is 39.5 Å². The molecule has 1 aliphatic carbocycles. The second-order valence-electron chi connectivity index (χ2n) is 7.64. The van der Waals surface area contributed by atoms with E-state index in [1.807, 2.05) is 38.1 Å². The third-order valence-electron chi connectivity index (χ3n) is 5.16. The molecule has 0 spiro atoms. The Balaban J connectivity index is 1.64. The minimum absolute atomic E-state index is 0.00952. The van der Waals surface area contributed by atoms with Crippen molar-refractivity contribution < 1.29 is 9.53 Å². The lowest BCUT2D eigenvalue weighted by Gasteiger charge is -2.13. The fraction of sp³-hybridized carbons (Fsp3) is 0.304. The molecule has 1 aliphatic rings. The highest BCUT2D eigenvalue weighted by Crippen LogP contribution is 2.40. The average molecular weight is 434 g/mol. The van der Waals surface area contributed by atoms with Gasteiger partial charge < -0.3 is 15.8 Å². The zero-order valence-corrected chi connectivity index (χ0v) is 18.2. The molecule has 31 heavy (non-hydrogen) atoms. The molecular formula is C23H23N5O2S. The van der Waals surface area contributed by atoms with Gasteiger partial charge in [-0.15, -0.1) is 10.2 Å². The first-order chi connectivity index (χ1) is 15.0. The van der Waals surface area contributed by atoms with Crippen LogP contribution in [0.2, 0.25) is 0 Å². The Morgan fingerprint density at radius 3 is 2.87 bits per heavy atom. The van der Waals surface area contributed by atoms with Gasteiger partial charge in [-0.2, -0.15) is 5.26 Å². The average Bonchev–Trinajstić information content (AvgIpc) is 3.41. The van der Waals surface area contributed by atoms with Crippen LogP contribution in [0.5, 0.6) is 5.75 Å². The number of carbonyl (C=O) groups excluding carboxylic acids is 1. The smallest absolute Gasteiger partial charge is 0.234 e. The largest absolute Gasteiger partial charge is 0.490 e. The Morgan fingerprint density at radius 2 is 2.13 bits per heavy atom. The molecule has 1 aromatic heterocycles. The number of hydrogen-bond donors (Lipinski definition) is 2. The Kier molecular flexibility index (Phi) is 5.98. The quantitative estimate of drug-likeness (QED) is 0.614. The minimum atomic E-state index is -0.153. The molecule has 2 aromatic carbocycles. The van der Waals surface area contributed by atoms with Crippen LogP contribution in [0.15, 0.2) is 36.4 Å². The summed E-state index contributed by atoms with van der Waals surface area (Å²) < 4.78 is 5.70. The van der Waals surface area contributed by atoms with Gasteiger partial charge in [0, 0.05) is 11.1 Å². The van der Waals surface area contributed by atoms with Gasteiger partial charge in [0.1, 0.15) is 21.8 Å². The SMILES string of the molecule is CC(C)Oc1ccc(-c2nnc(-c3cccc4c3CCC4NC(=O)CN)s2)cc1C#N. The van der Waals surface area contributed by atoms with Gasteiger partial charge in [0.2, 0.25) is 5.91 Å². The van der Waals surface area contributed by atoms with Crippen molar-refractivity contribution in [1.29, 1.82) is 5.26 Å². The number of nitrogens with two attached hydrogens (primary N) is 1. The number of carbonyl (C=O) groups is 1. The molecule has 1 unspecified atom stereocenters. The monoisotopic (exact) mass is 433 g/mol. The summed E-state index contributed by atoms with van der Waals surface area (Å²) in [6.07, 6.45) is 1.69. The molecule has 0 aliphatic heterocycles. The van der Waals surface area contributed by atoms with Crippen molar-refractivity contribution in [3.63, 3.8) is 0 Å². The van der Waals surface area contributed by atoms with E-state index < -0.39 is 0 Å². The van der Waals surface area contributed by atoms with Crippen LogP contribution in [0.25, 0.3) is 21.1 Å². The summed E-state index contributed by atoms with van der Waals surface area (Å²) in [4.78, 5) is 11.7. The molecule has 1 atom stereocenters. The van der Waals surface area contributed by atoms with Gasteiger partial charge in [-0.3, -0.25) is 4.79 Å². The molecule has 8 heteroatoms. The summed E-state index contributed by atoms with van der Waals surface area (Å²) in [7, 11) is 0. The minimum Gasteiger partial charge on any atom is -0.490 e. The molecule has 1 heterocycles. The van der Waals surface area contributed by atoms with Crippen LogP contribution in [0, 0.1) is 11.3 Å². The lowest BCUT2D eigenvalue weighted by molar-refractivity contribution is -0.120. The molecule has 0 bridgehead atoms. The van der Waals surface area contributed by atoms with E-state index in [9.17, 15) is 10.1 Å². The van der Waals surface area contributed by atoms with Crippen molar-refractivity contribution in [2.45, 2.75) is 38.8 Å². The predicted octanol–water partition coefficient (Wildman–Crippen LogP) is 3.59. The predicted molar refractivity (Wildman–Crippen MR) is 120 cm³/mol. The van der Waals surface area contributed by atoms with Crippen LogP contribution in [-0.4, -0.2) is 28.8 Å². The van der Waals surface area contributed by atoms with Crippen LogP contribution in [0.3, 0.4) is 0 Å². The number of ether oxygens (including phenoxy) is 1. The van der Waals surface area contributed by atoms with Crippen LogP contribution < -0.4 is 15.8 Å². The summed E-state index contributed by atoms with van der Waals surface area (Å²) in [6.45, 7) is 3.84. The molecule has 0 saturated heterocycles. The number of fused-ring (bicyclic) bond motifs is 1. The highest BCUT2D eigenvalue weighted by Gasteiger charge is 2.27. The summed E-state index contributed by atoms with van der Waals surface area (Å²) in [6, 6.07) is 13.7. The molecule has 0 saturated carbocycles. The topological polar surface area (TPSA) is 114 Å². The Morgan fingerprint density at radius 1 is 1.32 bits per heavy atom. The zero-order chi connectivity index (χ0) is 22.0. The number of aromatic nitrogens is 2. The molecule has 0 radical (unpaired) electrons. The van der Waals surface area contributed by atoms with Crippen molar-refractivity contribution in [1.82, 2.24) is 15.5 Å². The van der Waals surface area contributed by atoms with Crippen LogP contribution in [-0.2, 0) is 11.2 Å². The first kappa shape index (κ1) is 21.0. The standard InChI is InChI=1S/C23H23N5O2S/c1-13(2)30-20-9-6-14(10-15(20)11-24)22-27-28-23(31-22)18-5-3-4-17-16(18)7-8-19(17)26-21(29)12-25/h3-6,9-10,13,19H,7-8,12,25H2,1-2H3,(H,26,29). The number of nitriles is 1. The van der Waals surface area contributed by atoms with Gasteiger partial charge in [-0.1, -0.05) is 29.5 Å². The van der Waals surface area contributed by atoms with E-state index in [1.54, 1.807) is 12.1 Å². The summed E-state index contributed by atoms with van der Waals surface area (Å²) in [5.74, 6) is 0.414. The van der Waals surface area contributed by atoms with Crippen LogP contribution >= 0.6 is 11.3 Å². The van der Waals surface area contributed by atoms with Gasteiger partial charge in [0.25, 0.3) is 0 Å². The Hall–Kier alpha value is -3.28. The fourth-order valence-electron chi connectivity index (χ4n) is 3.81. The lowest BCUT2D eigenvalue weighted by Crippen LogP contribution is -2.32. The van der Waals surface area contributed by atoms with E-state index >= 15 is 0 Å².